The zero-order chi connectivity index (χ0) is 19.1. The number of hydrogen-bond donors (Lipinski definition) is 1. The molecule has 1 N–H and O–H groups in total. The zero-order valence-corrected chi connectivity index (χ0v) is 15.9. The van der Waals surface area contributed by atoms with Crippen molar-refractivity contribution >= 4 is 17.7 Å². The molecule has 1 amide bonds. The van der Waals surface area contributed by atoms with Gasteiger partial charge in [-0.3, -0.25) is 0 Å². The van der Waals surface area contributed by atoms with E-state index >= 15 is 0 Å². The molecular formula is C21H22ClN3O2. The third-order valence-corrected chi connectivity index (χ3v) is 4.37. The van der Waals surface area contributed by atoms with Crippen LogP contribution in [0.5, 0.6) is 5.75 Å². The molecule has 0 aliphatic carbocycles. The van der Waals surface area contributed by atoms with E-state index in [1.165, 1.54) is 5.56 Å². The van der Waals surface area contributed by atoms with Crippen LogP contribution < -0.4 is 10.1 Å². The van der Waals surface area contributed by atoms with Crippen LogP contribution in [0.4, 0.5) is 4.79 Å². The maximum absolute atomic E-state index is 12.2. The summed E-state index contributed by atoms with van der Waals surface area (Å²) in [5, 5.41) is 7.84. The minimum atomic E-state index is -0.473. The molecule has 0 unspecified atom stereocenters. The molecule has 0 spiro atoms. The standard InChI is InChI=1S/C21H22ClN3O2/c1-2-6-19-20(15-24-25(19)18-11-9-17(22)10-12-18)27-21(26)23-14-13-16-7-4-3-5-8-16/h3-5,7-12,15H,2,6,13-14H2,1H3,(H,23,26). The Morgan fingerprint density at radius 1 is 1.11 bits per heavy atom. The van der Waals surface area contributed by atoms with Crippen molar-refractivity contribution in [2.75, 3.05) is 6.54 Å². The van der Waals surface area contributed by atoms with E-state index in [-0.39, 0.29) is 0 Å². The van der Waals surface area contributed by atoms with Crippen molar-refractivity contribution in [2.24, 2.45) is 0 Å². The number of rotatable bonds is 7. The van der Waals surface area contributed by atoms with Gasteiger partial charge in [0, 0.05) is 11.6 Å². The molecule has 0 fully saturated rings. The number of hydrogen-bond acceptors (Lipinski definition) is 3. The van der Waals surface area contributed by atoms with E-state index in [0.29, 0.717) is 17.3 Å². The summed E-state index contributed by atoms with van der Waals surface area (Å²) >= 11 is 5.96. The summed E-state index contributed by atoms with van der Waals surface area (Å²) in [5.41, 5.74) is 2.90. The molecule has 1 heterocycles. The molecule has 0 saturated carbocycles. The number of nitrogens with zero attached hydrogens (tertiary/aromatic N) is 2. The Morgan fingerprint density at radius 3 is 2.56 bits per heavy atom. The fourth-order valence-corrected chi connectivity index (χ4v) is 2.93. The second-order valence-corrected chi connectivity index (χ2v) is 6.58. The van der Waals surface area contributed by atoms with E-state index in [0.717, 1.165) is 30.6 Å². The summed E-state index contributed by atoms with van der Waals surface area (Å²) in [6.07, 6.45) is 3.51. The first kappa shape index (κ1) is 19.0. The number of benzene rings is 2. The average molecular weight is 384 g/mol. The van der Waals surface area contributed by atoms with E-state index < -0.39 is 6.09 Å². The molecule has 0 aliphatic rings. The molecule has 1 aromatic heterocycles. The summed E-state index contributed by atoms with van der Waals surface area (Å²) in [4.78, 5) is 12.2. The largest absolute Gasteiger partial charge is 0.412 e. The Morgan fingerprint density at radius 2 is 1.85 bits per heavy atom. The predicted molar refractivity (Wildman–Crippen MR) is 107 cm³/mol. The van der Waals surface area contributed by atoms with Crippen LogP contribution in [0.15, 0.2) is 60.8 Å². The van der Waals surface area contributed by atoms with Gasteiger partial charge in [-0.2, -0.15) is 5.10 Å². The third-order valence-electron chi connectivity index (χ3n) is 4.12. The van der Waals surface area contributed by atoms with Gasteiger partial charge >= 0.3 is 6.09 Å². The van der Waals surface area contributed by atoms with Crippen molar-refractivity contribution in [2.45, 2.75) is 26.2 Å². The molecule has 0 atom stereocenters. The van der Waals surface area contributed by atoms with Gasteiger partial charge in [-0.1, -0.05) is 55.3 Å². The summed E-state index contributed by atoms with van der Waals surface area (Å²) in [5.74, 6) is 0.476. The van der Waals surface area contributed by atoms with Gasteiger partial charge in [0.25, 0.3) is 0 Å². The van der Waals surface area contributed by atoms with Gasteiger partial charge in [-0.05, 0) is 42.7 Å². The Balaban J connectivity index is 1.65. The van der Waals surface area contributed by atoms with Gasteiger partial charge in [0.05, 0.1) is 17.6 Å². The predicted octanol–water partition coefficient (Wildman–Crippen LogP) is 4.81. The van der Waals surface area contributed by atoms with Gasteiger partial charge in [0.15, 0.2) is 5.75 Å². The monoisotopic (exact) mass is 383 g/mol. The van der Waals surface area contributed by atoms with Crippen molar-refractivity contribution in [3.8, 4) is 11.4 Å². The Bertz CT molecular complexity index is 876. The molecule has 0 saturated heterocycles. The normalized spacial score (nSPS) is 10.6. The molecule has 140 valence electrons. The van der Waals surface area contributed by atoms with Gasteiger partial charge in [0.2, 0.25) is 0 Å². The van der Waals surface area contributed by atoms with Crippen LogP contribution in [0.2, 0.25) is 5.02 Å². The lowest BCUT2D eigenvalue weighted by Crippen LogP contribution is -2.29. The van der Waals surface area contributed by atoms with Crippen LogP contribution in [0.3, 0.4) is 0 Å². The summed E-state index contributed by atoms with van der Waals surface area (Å²) < 4.78 is 7.29. The lowest BCUT2D eigenvalue weighted by molar-refractivity contribution is 0.200. The van der Waals surface area contributed by atoms with Crippen LogP contribution in [-0.2, 0) is 12.8 Å². The fraction of sp³-hybridized carbons (Fsp3) is 0.238. The summed E-state index contributed by atoms with van der Waals surface area (Å²) in [6.45, 7) is 2.58. The topological polar surface area (TPSA) is 56.1 Å². The smallest absolute Gasteiger partial charge is 0.407 e. The SMILES string of the molecule is CCCc1c(OC(=O)NCCc2ccccc2)cnn1-c1ccc(Cl)cc1. The van der Waals surface area contributed by atoms with Crippen molar-refractivity contribution in [3.63, 3.8) is 0 Å². The van der Waals surface area contributed by atoms with Crippen molar-refractivity contribution in [3.05, 3.63) is 77.1 Å². The van der Waals surface area contributed by atoms with E-state index in [1.54, 1.807) is 10.9 Å². The lowest BCUT2D eigenvalue weighted by atomic mass is 10.1. The highest BCUT2D eigenvalue weighted by Gasteiger charge is 2.16. The number of amides is 1. The van der Waals surface area contributed by atoms with Crippen LogP contribution in [0, 0.1) is 0 Å². The minimum absolute atomic E-state index is 0.473. The molecule has 27 heavy (non-hydrogen) atoms. The number of nitrogens with one attached hydrogen (secondary N) is 1. The molecule has 6 heteroatoms. The minimum Gasteiger partial charge on any atom is -0.407 e. The van der Waals surface area contributed by atoms with Crippen LogP contribution >= 0.6 is 11.6 Å². The van der Waals surface area contributed by atoms with Crippen molar-refractivity contribution in [1.82, 2.24) is 15.1 Å². The molecule has 0 aliphatic heterocycles. The second-order valence-electron chi connectivity index (χ2n) is 6.15. The highest BCUT2D eigenvalue weighted by Crippen LogP contribution is 2.24. The number of aromatic nitrogens is 2. The number of halogens is 1. The lowest BCUT2D eigenvalue weighted by Gasteiger charge is -2.10. The maximum Gasteiger partial charge on any atom is 0.412 e. The van der Waals surface area contributed by atoms with E-state index in [1.807, 2.05) is 54.6 Å². The van der Waals surface area contributed by atoms with E-state index in [9.17, 15) is 4.79 Å². The third kappa shape index (κ3) is 5.11. The molecular weight excluding hydrogens is 362 g/mol. The molecule has 0 radical (unpaired) electrons. The highest BCUT2D eigenvalue weighted by molar-refractivity contribution is 6.30. The Labute approximate surface area is 163 Å². The van der Waals surface area contributed by atoms with Crippen molar-refractivity contribution < 1.29 is 9.53 Å². The first-order chi connectivity index (χ1) is 13.2. The van der Waals surface area contributed by atoms with Crippen LogP contribution in [0.1, 0.15) is 24.6 Å². The second kappa shape index (κ2) is 9.24. The van der Waals surface area contributed by atoms with E-state index in [4.69, 9.17) is 16.3 Å². The van der Waals surface area contributed by atoms with Gasteiger partial charge < -0.3 is 10.1 Å². The van der Waals surface area contributed by atoms with Crippen LogP contribution in [-0.4, -0.2) is 22.4 Å². The molecule has 0 bridgehead atoms. The van der Waals surface area contributed by atoms with Gasteiger partial charge in [-0.15, -0.1) is 0 Å². The zero-order valence-electron chi connectivity index (χ0n) is 15.2. The number of carbonyl (C=O) groups is 1. The quantitative estimate of drug-likeness (QED) is 0.637. The summed E-state index contributed by atoms with van der Waals surface area (Å²) in [7, 11) is 0. The summed E-state index contributed by atoms with van der Waals surface area (Å²) in [6, 6.07) is 17.4. The Hall–Kier alpha value is -2.79. The van der Waals surface area contributed by atoms with Crippen LogP contribution in [0.25, 0.3) is 5.69 Å². The molecule has 5 nitrogen and oxygen atoms in total. The number of ether oxygens (including phenoxy) is 1. The molecule has 3 rings (SSSR count). The first-order valence-corrected chi connectivity index (χ1v) is 9.37. The fourth-order valence-electron chi connectivity index (χ4n) is 2.80. The highest BCUT2D eigenvalue weighted by atomic mass is 35.5. The number of carbonyl (C=O) groups excluding carboxylic acids is 1. The first-order valence-electron chi connectivity index (χ1n) is 9.00. The molecule has 3 aromatic rings. The van der Waals surface area contributed by atoms with Gasteiger partial charge in [0.1, 0.15) is 0 Å². The Kier molecular flexibility index (Phi) is 6.49. The average Bonchev–Trinajstić information content (AvgIpc) is 3.06. The van der Waals surface area contributed by atoms with E-state index in [2.05, 4.69) is 17.3 Å². The van der Waals surface area contributed by atoms with Gasteiger partial charge in [-0.25, -0.2) is 9.48 Å². The molecule has 2 aromatic carbocycles. The maximum atomic E-state index is 12.2. The van der Waals surface area contributed by atoms with Crippen molar-refractivity contribution in [1.29, 1.82) is 0 Å².